The van der Waals surface area contributed by atoms with Crippen molar-refractivity contribution in [1.82, 2.24) is 10.3 Å². The maximum atomic E-state index is 4.48. The van der Waals surface area contributed by atoms with Crippen molar-refractivity contribution in [3.8, 4) is 0 Å². The minimum atomic E-state index is 0.351. The highest BCUT2D eigenvalue weighted by atomic mass is 32.1. The molecule has 17 heavy (non-hydrogen) atoms. The Bertz CT molecular complexity index is 343. The number of thiazole rings is 1. The van der Waals surface area contributed by atoms with Crippen molar-refractivity contribution in [3.63, 3.8) is 0 Å². The van der Waals surface area contributed by atoms with Crippen LogP contribution in [0.2, 0.25) is 0 Å². The van der Waals surface area contributed by atoms with Crippen molar-refractivity contribution >= 4 is 11.3 Å². The molecule has 94 valence electrons. The molecule has 0 saturated carbocycles. The summed E-state index contributed by atoms with van der Waals surface area (Å²) in [6.07, 6.45) is 10.4. The van der Waals surface area contributed by atoms with E-state index >= 15 is 0 Å². The van der Waals surface area contributed by atoms with Crippen molar-refractivity contribution in [2.75, 3.05) is 6.54 Å². The lowest BCUT2D eigenvalue weighted by Crippen LogP contribution is -2.23. The third kappa shape index (κ3) is 3.65. The van der Waals surface area contributed by atoms with Crippen LogP contribution in [-0.4, -0.2) is 11.5 Å². The van der Waals surface area contributed by atoms with Gasteiger partial charge in [0.05, 0.1) is 17.2 Å². The van der Waals surface area contributed by atoms with E-state index in [-0.39, 0.29) is 0 Å². The number of aromatic nitrogens is 1. The molecule has 1 unspecified atom stereocenters. The molecule has 1 aliphatic carbocycles. The maximum Gasteiger partial charge on any atom is 0.0795 e. The summed E-state index contributed by atoms with van der Waals surface area (Å²) in [6.45, 7) is 3.17. The van der Waals surface area contributed by atoms with E-state index in [1.54, 1.807) is 16.9 Å². The molecule has 0 amide bonds. The molecule has 0 spiro atoms. The van der Waals surface area contributed by atoms with Crippen LogP contribution in [0.1, 0.15) is 57.2 Å². The summed E-state index contributed by atoms with van der Waals surface area (Å²) in [5.41, 5.74) is 4.68. The molecule has 0 saturated heterocycles. The van der Waals surface area contributed by atoms with E-state index in [0.29, 0.717) is 6.04 Å². The van der Waals surface area contributed by atoms with Crippen LogP contribution in [0.3, 0.4) is 0 Å². The third-order valence-corrected chi connectivity index (χ3v) is 3.96. The first-order valence-corrected chi connectivity index (χ1v) is 7.66. The summed E-state index contributed by atoms with van der Waals surface area (Å²) in [7, 11) is 0. The quantitative estimate of drug-likeness (QED) is 0.815. The number of likely N-dealkylation sites (N-methyl/N-ethyl adjacent to an activating group) is 1. The molecule has 0 bridgehead atoms. The van der Waals surface area contributed by atoms with Crippen molar-refractivity contribution in [1.29, 1.82) is 0 Å². The Morgan fingerprint density at radius 3 is 3.00 bits per heavy atom. The average molecular weight is 250 g/mol. The summed E-state index contributed by atoms with van der Waals surface area (Å²) >= 11 is 1.69. The molecule has 1 atom stereocenters. The molecule has 1 heterocycles. The highest BCUT2D eigenvalue weighted by Gasteiger charge is 2.17. The van der Waals surface area contributed by atoms with Gasteiger partial charge >= 0.3 is 0 Å². The first-order valence-electron chi connectivity index (χ1n) is 6.72. The van der Waals surface area contributed by atoms with E-state index in [9.17, 15) is 0 Å². The van der Waals surface area contributed by atoms with Gasteiger partial charge in [-0.15, -0.1) is 11.3 Å². The zero-order chi connectivity index (χ0) is 11.9. The molecule has 2 nitrogen and oxygen atoms in total. The summed E-state index contributed by atoms with van der Waals surface area (Å²) in [4.78, 5) is 4.48. The number of nitrogens with zero attached hydrogens (tertiary/aromatic N) is 1. The van der Waals surface area contributed by atoms with Gasteiger partial charge in [0.25, 0.3) is 0 Å². The highest BCUT2D eigenvalue weighted by Crippen LogP contribution is 2.28. The number of hydrogen-bond acceptors (Lipinski definition) is 3. The fourth-order valence-electron chi connectivity index (χ4n) is 2.47. The maximum absolute atomic E-state index is 4.48. The lowest BCUT2D eigenvalue weighted by atomic mass is 9.93. The van der Waals surface area contributed by atoms with Crippen LogP contribution in [0.5, 0.6) is 0 Å². The van der Waals surface area contributed by atoms with E-state index < -0.39 is 0 Å². The summed E-state index contributed by atoms with van der Waals surface area (Å²) in [5.74, 6) is 0. The van der Waals surface area contributed by atoms with Gasteiger partial charge in [0.2, 0.25) is 0 Å². The van der Waals surface area contributed by atoms with Gasteiger partial charge in [-0.3, -0.25) is 0 Å². The van der Waals surface area contributed by atoms with Crippen LogP contribution < -0.4 is 5.32 Å². The van der Waals surface area contributed by atoms with Crippen LogP contribution in [-0.2, 0) is 0 Å². The molecule has 0 fully saturated rings. The number of allylic oxidation sites excluding steroid dienone is 1. The van der Waals surface area contributed by atoms with Crippen LogP contribution in [0.4, 0.5) is 0 Å². The highest BCUT2D eigenvalue weighted by molar-refractivity contribution is 7.07. The first kappa shape index (κ1) is 12.8. The largest absolute Gasteiger partial charge is 0.305 e. The molecule has 1 aliphatic rings. The molecule has 1 N–H and O–H groups in total. The van der Waals surface area contributed by atoms with Gasteiger partial charge in [-0.2, -0.15) is 0 Å². The van der Waals surface area contributed by atoms with Gasteiger partial charge in [0.1, 0.15) is 0 Å². The van der Waals surface area contributed by atoms with Crippen molar-refractivity contribution < 1.29 is 0 Å². The minimum Gasteiger partial charge on any atom is -0.305 e. The van der Waals surface area contributed by atoms with E-state index in [2.05, 4.69) is 28.7 Å². The Balaban J connectivity index is 2.13. The standard InChI is InChI=1S/C14H22N2S/c1-2-15-14(13-10-17-11-16-13)12-8-6-4-3-5-7-9-12/h8,10-11,14-15H,2-7,9H2,1H3. The Hall–Kier alpha value is -0.670. The Kier molecular flexibility index (Phi) is 5.20. The van der Waals surface area contributed by atoms with E-state index in [1.165, 1.54) is 44.2 Å². The van der Waals surface area contributed by atoms with E-state index in [1.807, 2.05) is 5.51 Å². The number of rotatable bonds is 4. The second kappa shape index (κ2) is 6.92. The first-order chi connectivity index (χ1) is 8.42. The number of nitrogens with one attached hydrogen (secondary N) is 1. The van der Waals surface area contributed by atoms with Crippen LogP contribution in [0, 0.1) is 0 Å². The van der Waals surface area contributed by atoms with Gasteiger partial charge in [-0.1, -0.05) is 31.4 Å². The topological polar surface area (TPSA) is 24.9 Å². The molecule has 0 aliphatic heterocycles. The fraction of sp³-hybridized carbons (Fsp3) is 0.643. The lowest BCUT2D eigenvalue weighted by molar-refractivity contribution is 0.547. The molecular weight excluding hydrogens is 228 g/mol. The zero-order valence-electron chi connectivity index (χ0n) is 10.6. The predicted molar refractivity (Wildman–Crippen MR) is 74.3 cm³/mol. The number of hydrogen-bond donors (Lipinski definition) is 1. The van der Waals surface area contributed by atoms with Gasteiger partial charge in [0.15, 0.2) is 0 Å². The molecule has 3 heteroatoms. The minimum absolute atomic E-state index is 0.351. The Labute approximate surface area is 108 Å². The normalized spacial score (nSPS) is 19.2. The van der Waals surface area contributed by atoms with Crippen molar-refractivity contribution in [2.24, 2.45) is 0 Å². The predicted octanol–water partition coefficient (Wildman–Crippen LogP) is 4.07. The summed E-state index contributed by atoms with van der Waals surface area (Å²) in [6, 6.07) is 0.351. The Morgan fingerprint density at radius 2 is 2.24 bits per heavy atom. The van der Waals surface area contributed by atoms with Crippen LogP contribution >= 0.6 is 11.3 Å². The van der Waals surface area contributed by atoms with Gasteiger partial charge < -0.3 is 5.32 Å². The average Bonchev–Trinajstić information content (AvgIpc) is 2.79. The molecule has 1 aromatic rings. The van der Waals surface area contributed by atoms with E-state index in [4.69, 9.17) is 0 Å². The van der Waals surface area contributed by atoms with E-state index in [0.717, 1.165) is 6.54 Å². The van der Waals surface area contributed by atoms with Gasteiger partial charge in [0, 0.05) is 5.38 Å². The monoisotopic (exact) mass is 250 g/mol. The summed E-state index contributed by atoms with van der Waals surface area (Å²) in [5, 5.41) is 5.75. The third-order valence-electron chi connectivity index (χ3n) is 3.35. The van der Waals surface area contributed by atoms with Crippen LogP contribution in [0.15, 0.2) is 22.5 Å². The van der Waals surface area contributed by atoms with Gasteiger partial charge in [-0.05, 0) is 32.2 Å². The smallest absolute Gasteiger partial charge is 0.0795 e. The second-order valence-corrected chi connectivity index (χ2v) is 5.35. The molecule has 1 aromatic heterocycles. The second-order valence-electron chi connectivity index (χ2n) is 4.64. The lowest BCUT2D eigenvalue weighted by Gasteiger charge is -2.21. The fourth-order valence-corrected chi connectivity index (χ4v) is 3.05. The molecular formula is C14H22N2S. The molecule has 0 aromatic carbocycles. The molecule has 2 rings (SSSR count). The van der Waals surface area contributed by atoms with Crippen molar-refractivity contribution in [2.45, 2.75) is 51.5 Å². The Morgan fingerprint density at radius 1 is 1.35 bits per heavy atom. The zero-order valence-corrected chi connectivity index (χ0v) is 11.4. The van der Waals surface area contributed by atoms with Crippen LogP contribution in [0.25, 0.3) is 0 Å². The van der Waals surface area contributed by atoms with Crippen molar-refractivity contribution in [3.05, 3.63) is 28.2 Å². The molecule has 0 radical (unpaired) electrons. The van der Waals surface area contributed by atoms with Gasteiger partial charge in [-0.25, -0.2) is 4.98 Å². The summed E-state index contributed by atoms with van der Waals surface area (Å²) < 4.78 is 0. The SMILES string of the molecule is CCNC(C1=CCCCCCC1)c1cscn1.